The average Bonchev–Trinajstić information content (AvgIpc) is 2.75. The Labute approximate surface area is 185 Å². The van der Waals surface area contributed by atoms with E-state index in [0.717, 1.165) is 5.69 Å². The molecule has 0 radical (unpaired) electrons. The van der Waals surface area contributed by atoms with Crippen molar-refractivity contribution in [3.63, 3.8) is 0 Å². The Balaban J connectivity index is 1.68. The second-order valence-electron chi connectivity index (χ2n) is 6.38. The number of carbonyl (C=O) groups is 2. The summed E-state index contributed by atoms with van der Waals surface area (Å²) in [5, 5.41) is 6.25. The molecule has 3 rings (SSSR count). The molecule has 0 spiro atoms. The molecular weight excluding hydrogens is 418 g/mol. The molecular formula is C23H20ClN3O2S. The fraction of sp³-hybridized carbons (Fsp3) is 0.0870. The number of thiocarbonyl (C=S) groups is 1. The lowest BCUT2D eigenvalue weighted by Gasteiger charge is -2.21. The van der Waals surface area contributed by atoms with Crippen molar-refractivity contribution < 1.29 is 9.59 Å². The molecule has 0 aliphatic heterocycles. The summed E-state index contributed by atoms with van der Waals surface area (Å²) in [7, 11) is 0. The number of hydrogen-bond donors (Lipinski definition) is 2. The number of benzene rings is 3. The molecule has 0 fully saturated rings. The third kappa shape index (κ3) is 5.43. The maximum absolute atomic E-state index is 13.0. The minimum atomic E-state index is -0.349. The number of para-hydroxylation sites is 1. The number of nitrogens with one attached hydrogen (secondary N) is 2. The first-order valence-corrected chi connectivity index (χ1v) is 10.1. The van der Waals surface area contributed by atoms with E-state index in [1.54, 1.807) is 53.4 Å². The monoisotopic (exact) mass is 437 g/mol. The van der Waals surface area contributed by atoms with Crippen LogP contribution in [0.2, 0.25) is 5.02 Å². The molecule has 152 valence electrons. The van der Waals surface area contributed by atoms with Crippen LogP contribution in [0.3, 0.4) is 0 Å². The van der Waals surface area contributed by atoms with Crippen LogP contribution in [0, 0.1) is 0 Å². The molecule has 0 aliphatic carbocycles. The molecule has 30 heavy (non-hydrogen) atoms. The van der Waals surface area contributed by atoms with Crippen molar-refractivity contribution in [2.24, 2.45) is 0 Å². The van der Waals surface area contributed by atoms with Crippen molar-refractivity contribution >= 4 is 52.1 Å². The van der Waals surface area contributed by atoms with Crippen molar-refractivity contribution in [3.8, 4) is 0 Å². The Morgan fingerprint density at radius 2 is 1.63 bits per heavy atom. The molecule has 3 aromatic rings. The maximum Gasteiger partial charge on any atom is 0.258 e. The summed E-state index contributed by atoms with van der Waals surface area (Å²) in [6.45, 7) is 2.46. The zero-order valence-corrected chi connectivity index (χ0v) is 17.8. The normalized spacial score (nSPS) is 10.2. The smallest absolute Gasteiger partial charge is 0.258 e. The van der Waals surface area contributed by atoms with Crippen LogP contribution in [-0.4, -0.2) is 23.5 Å². The standard InChI is InChI=1S/C23H20ClN3O2S/c1-2-27(20-9-4-3-5-10-20)22(29)17-7-6-8-19(15-17)25-23(30)26-21(28)16-11-13-18(24)14-12-16/h3-15H,2H2,1H3,(H2,25,26,28,30). The van der Waals surface area contributed by atoms with E-state index in [0.29, 0.717) is 28.4 Å². The Kier molecular flexibility index (Phi) is 7.17. The van der Waals surface area contributed by atoms with Gasteiger partial charge >= 0.3 is 0 Å². The zero-order chi connectivity index (χ0) is 21.5. The van der Waals surface area contributed by atoms with Gasteiger partial charge in [0.25, 0.3) is 11.8 Å². The zero-order valence-electron chi connectivity index (χ0n) is 16.3. The third-order valence-corrected chi connectivity index (χ3v) is 4.79. The Bertz CT molecular complexity index is 1060. The maximum atomic E-state index is 13.0. The fourth-order valence-electron chi connectivity index (χ4n) is 2.88. The SMILES string of the molecule is CCN(C(=O)c1cccc(NC(=S)NC(=O)c2ccc(Cl)cc2)c1)c1ccccc1. The molecule has 3 aromatic carbocycles. The highest BCUT2D eigenvalue weighted by molar-refractivity contribution is 7.80. The van der Waals surface area contributed by atoms with E-state index >= 15 is 0 Å². The molecule has 2 amide bonds. The fourth-order valence-corrected chi connectivity index (χ4v) is 3.21. The van der Waals surface area contributed by atoms with E-state index in [-0.39, 0.29) is 16.9 Å². The summed E-state index contributed by atoms with van der Waals surface area (Å²) in [6, 6.07) is 23.0. The van der Waals surface area contributed by atoms with E-state index < -0.39 is 0 Å². The van der Waals surface area contributed by atoms with Crippen molar-refractivity contribution in [1.82, 2.24) is 5.32 Å². The van der Waals surface area contributed by atoms with Gasteiger partial charge in [0, 0.05) is 34.1 Å². The van der Waals surface area contributed by atoms with Gasteiger partial charge in [0.05, 0.1) is 0 Å². The van der Waals surface area contributed by atoms with Crippen molar-refractivity contribution in [3.05, 3.63) is 95.0 Å². The third-order valence-electron chi connectivity index (χ3n) is 4.33. The average molecular weight is 438 g/mol. The molecule has 7 heteroatoms. The first kappa shape index (κ1) is 21.5. The molecule has 0 saturated heterocycles. The molecule has 5 nitrogen and oxygen atoms in total. The van der Waals surface area contributed by atoms with Crippen LogP contribution in [0.5, 0.6) is 0 Å². The number of rotatable bonds is 5. The molecule has 0 aliphatic rings. The van der Waals surface area contributed by atoms with Gasteiger partial charge in [-0.15, -0.1) is 0 Å². The van der Waals surface area contributed by atoms with Crippen LogP contribution in [0.25, 0.3) is 0 Å². The van der Waals surface area contributed by atoms with E-state index in [4.69, 9.17) is 23.8 Å². The van der Waals surface area contributed by atoms with Crippen LogP contribution in [-0.2, 0) is 0 Å². The predicted octanol–water partition coefficient (Wildman–Crippen LogP) is 5.13. The van der Waals surface area contributed by atoms with Gasteiger partial charge in [0.2, 0.25) is 0 Å². The van der Waals surface area contributed by atoms with Crippen molar-refractivity contribution in [2.45, 2.75) is 6.92 Å². The summed E-state index contributed by atoms with van der Waals surface area (Å²) < 4.78 is 0. The van der Waals surface area contributed by atoms with Crippen LogP contribution >= 0.6 is 23.8 Å². The largest absolute Gasteiger partial charge is 0.332 e. The molecule has 0 bridgehead atoms. The highest BCUT2D eigenvalue weighted by Gasteiger charge is 2.16. The van der Waals surface area contributed by atoms with Gasteiger partial charge in [0.15, 0.2) is 5.11 Å². The van der Waals surface area contributed by atoms with Gasteiger partial charge < -0.3 is 10.2 Å². The van der Waals surface area contributed by atoms with Crippen LogP contribution in [0.1, 0.15) is 27.6 Å². The Morgan fingerprint density at radius 1 is 0.933 bits per heavy atom. The minimum absolute atomic E-state index is 0.122. The topological polar surface area (TPSA) is 61.4 Å². The van der Waals surface area contributed by atoms with Gasteiger partial charge in [-0.3, -0.25) is 14.9 Å². The lowest BCUT2D eigenvalue weighted by molar-refractivity contribution is 0.0973. The molecule has 0 heterocycles. The first-order chi connectivity index (χ1) is 14.5. The van der Waals surface area contributed by atoms with Gasteiger partial charge in [0.1, 0.15) is 0 Å². The lowest BCUT2D eigenvalue weighted by Crippen LogP contribution is -2.34. The molecule has 0 aromatic heterocycles. The van der Waals surface area contributed by atoms with Crippen molar-refractivity contribution in [2.75, 3.05) is 16.8 Å². The van der Waals surface area contributed by atoms with Crippen LogP contribution in [0.4, 0.5) is 11.4 Å². The number of nitrogens with zero attached hydrogens (tertiary/aromatic N) is 1. The van der Waals surface area contributed by atoms with Gasteiger partial charge in [-0.25, -0.2) is 0 Å². The number of anilines is 2. The Hall–Kier alpha value is -3.22. The van der Waals surface area contributed by atoms with E-state index in [1.807, 2.05) is 37.3 Å². The first-order valence-electron chi connectivity index (χ1n) is 9.33. The lowest BCUT2D eigenvalue weighted by atomic mass is 10.1. The highest BCUT2D eigenvalue weighted by atomic mass is 35.5. The quantitative estimate of drug-likeness (QED) is 0.543. The summed E-state index contributed by atoms with van der Waals surface area (Å²) in [5.41, 5.74) is 2.38. The molecule has 2 N–H and O–H groups in total. The number of hydrogen-bond acceptors (Lipinski definition) is 3. The van der Waals surface area contributed by atoms with Gasteiger partial charge in [-0.1, -0.05) is 35.9 Å². The highest BCUT2D eigenvalue weighted by Crippen LogP contribution is 2.19. The van der Waals surface area contributed by atoms with Crippen LogP contribution < -0.4 is 15.5 Å². The number of amides is 2. The van der Waals surface area contributed by atoms with Gasteiger partial charge in [-0.2, -0.15) is 0 Å². The second-order valence-corrected chi connectivity index (χ2v) is 7.23. The van der Waals surface area contributed by atoms with E-state index in [2.05, 4.69) is 10.6 Å². The second kappa shape index (κ2) is 10.0. The Morgan fingerprint density at radius 3 is 2.30 bits per heavy atom. The van der Waals surface area contributed by atoms with E-state index in [1.165, 1.54) is 0 Å². The molecule has 0 saturated carbocycles. The number of halogens is 1. The summed E-state index contributed by atoms with van der Waals surface area (Å²) in [5.74, 6) is -0.471. The van der Waals surface area contributed by atoms with Crippen LogP contribution in [0.15, 0.2) is 78.9 Å². The molecule has 0 atom stereocenters. The van der Waals surface area contributed by atoms with Gasteiger partial charge in [-0.05, 0) is 73.7 Å². The van der Waals surface area contributed by atoms with Crippen molar-refractivity contribution in [1.29, 1.82) is 0 Å². The van der Waals surface area contributed by atoms with E-state index in [9.17, 15) is 9.59 Å². The minimum Gasteiger partial charge on any atom is -0.332 e. The summed E-state index contributed by atoms with van der Waals surface area (Å²) in [6.07, 6.45) is 0. The summed E-state index contributed by atoms with van der Waals surface area (Å²) in [4.78, 5) is 27.0. The number of carbonyl (C=O) groups excluding carboxylic acids is 2. The summed E-state index contributed by atoms with van der Waals surface area (Å²) >= 11 is 11.1. The predicted molar refractivity (Wildman–Crippen MR) is 125 cm³/mol. The molecule has 0 unspecified atom stereocenters.